The Labute approximate surface area is 116 Å². The molecular formula is C15H14N2O3. The maximum atomic E-state index is 11.0. The second kappa shape index (κ2) is 5.21. The fraction of sp³-hybridized carbons (Fsp3) is 0.200. The van der Waals surface area contributed by atoms with E-state index >= 15 is 0 Å². The van der Waals surface area contributed by atoms with E-state index in [1.807, 2.05) is 24.3 Å². The monoisotopic (exact) mass is 270 g/mol. The maximum Gasteiger partial charge on any atom is 0.292 e. The van der Waals surface area contributed by atoms with Crippen LogP contribution in [-0.2, 0) is 6.42 Å². The molecule has 1 atom stereocenters. The fourth-order valence-corrected chi connectivity index (χ4v) is 2.40. The van der Waals surface area contributed by atoms with Crippen LogP contribution in [0.1, 0.15) is 5.56 Å². The molecule has 1 heterocycles. The highest BCUT2D eigenvalue weighted by Gasteiger charge is 2.22. The number of hydrogen-bond donors (Lipinski definition) is 1. The summed E-state index contributed by atoms with van der Waals surface area (Å²) in [6.07, 6.45) is 0.794. The third kappa shape index (κ3) is 2.42. The van der Waals surface area contributed by atoms with Gasteiger partial charge in [-0.3, -0.25) is 10.1 Å². The molecule has 0 saturated heterocycles. The molecule has 0 spiro atoms. The summed E-state index contributed by atoms with van der Waals surface area (Å²) in [6, 6.07) is 14.6. The first kappa shape index (κ1) is 12.5. The molecule has 0 amide bonds. The Morgan fingerprint density at radius 1 is 1.15 bits per heavy atom. The number of nitrogens with zero attached hydrogens (tertiary/aromatic N) is 1. The average molecular weight is 270 g/mol. The topological polar surface area (TPSA) is 64.4 Å². The summed E-state index contributed by atoms with van der Waals surface area (Å²) in [4.78, 5) is 10.6. The van der Waals surface area contributed by atoms with E-state index in [0.29, 0.717) is 12.3 Å². The summed E-state index contributed by atoms with van der Waals surface area (Å²) in [5.74, 6) is 0.896. The first-order chi connectivity index (χ1) is 9.74. The zero-order chi connectivity index (χ0) is 13.9. The van der Waals surface area contributed by atoms with Crippen molar-refractivity contribution < 1.29 is 9.66 Å². The number of nitrogens with one attached hydrogen (secondary N) is 1. The van der Waals surface area contributed by atoms with Crippen molar-refractivity contribution in [1.29, 1.82) is 0 Å². The summed E-state index contributed by atoms with van der Waals surface area (Å²) in [5.41, 5.74) is 1.74. The number of para-hydroxylation sites is 3. The molecule has 20 heavy (non-hydrogen) atoms. The van der Waals surface area contributed by atoms with Crippen molar-refractivity contribution in [1.82, 2.24) is 0 Å². The molecule has 0 aromatic heterocycles. The van der Waals surface area contributed by atoms with Crippen molar-refractivity contribution in [2.24, 2.45) is 0 Å². The molecular weight excluding hydrogens is 256 g/mol. The SMILES string of the molecule is O=[N+]([O-])c1ccccc1NC1COc2ccccc2C1. The van der Waals surface area contributed by atoms with Gasteiger partial charge in [0.2, 0.25) is 0 Å². The van der Waals surface area contributed by atoms with Crippen molar-refractivity contribution >= 4 is 11.4 Å². The van der Waals surface area contributed by atoms with E-state index in [0.717, 1.165) is 17.7 Å². The molecule has 0 saturated carbocycles. The molecule has 0 radical (unpaired) electrons. The van der Waals surface area contributed by atoms with E-state index in [4.69, 9.17) is 4.74 Å². The van der Waals surface area contributed by atoms with Crippen LogP contribution in [0.4, 0.5) is 11.4 Å². The van der Waals surface area contributed by atoms with Crippen LogP contribution in [0.2, 0.25) is 0 Å². The minimum absolute atomic E-state index is 0.0333. The summed E-state index contributed by atoms with van der Waals surface area (Å²) in [6.45, 7) is 0.503. The third-order valence-corrected chi connectivity index (χ3v) is 3.34. The van der Waals surface area contributed by atoms with Gasteiger partial charge in [-0.15, -0.1) is 0 Å². The van der Waals surface area contributed by atoms with Crippen LogP contribution in [-0.4, -0.2) is 17.6 Å². The lowest BCUT2D eigenvalue weighted by atomic mass is 10.0. The number of benzene rings is 2. The molecule has 0 aliphatic carbocycles. The van der Waals surface area contributed by atoms with E-state index < -0.39 is 0 Å². The lowest BCUT2D eigenvalue weighted by Gasteiger charge is -2.26. The van der Waals surface area contributed by atoms with Gasteiger partial charge >= 0.3 is 0 Å². The Morgan fingerprint density at radius 2 is 1.90 bits per heavy atom. The van der Waals surface area contributed by atoms with Crippen LogP contribution in [0.15, 0.2) is 48.5 Å². The van der Waals surface area contributed by atoms with E-state index in [2.05, 4.69) is 5.32 Å². The van der Waals surface area contributed by atoms with Crippen LogP contribution in [0.25, 0.3) is 0 Å². The summed E-state index contributed by atoms with van der Waals surface area (Å²) >= 11 is 0. The van der Waals surface area contributed by atoms with Gasteiger partial charge < -0.3 is 10.1 Å². The van der Waals surface area contributed by atoms with Crippen LogP contribution in [0, 0.1) is 10.1 Å². The van der Waals surface area contributed by atoms with E-state index in [1.54, 1.807) is 18.2 Å². The van der Waals surface area contributed by atoms with Gasteiger partial charge in [0.1, 0.15) is 18.0 Å². The van der Waals surface area contributed by atoms with E-state index in [1.165, 1.54) is 6.07 Å². The van der Waals surface area contributed by atoms with Crippen molar-refractivity contribution in [3.63, 3.8) is 0 Å². The van der Waals surface area contributed by atoms with Crippen molar-refractivity contribution in [2.75, 3.05) is 11.9 Å². The number of hydrogen-bond acceptors (Lipinski definition) is 4. The summed E-state index contributed by atoms with van der Waals surface area (Å²) in [7, 11) is 0. The van der Waals surface area contributed by atoms with E-state index in [-0.39, 0.29) is 16.7 Å². The molecule has 2 aromatic rings. The number of rotatable bonds is 3. The van der Waals surface area contributed by atoms with E-state index in [9.17, 15) is 10.1 Å². The highest BCUT2D eigenvalue weighted by molar-refractivity contribution is 5.61. The molecule has 5 nitrogen and oxygen atoms in total. The van der Waals surface area contributed by atoms with Gasteiger partial charge in [-0.2, -0.15) is 0 Å². The summed E-state index contributed by atoms with van der Waals surface area (Å²) < 4.78 is 5.68. The Balaban J connectivity index is 1.79. The molecule has 5 heteroatoms. The fourth-order valence-electron chi connectivity index (χ4n) is 2.40. The predicted octanol–water partition coefficient (Wildman–Crippen LogP) is 3.01. The first-order valence-electron chi connectivity index (χ1n) is 6.44. The van der Waals surface area contributed by atoms with Gasteiger partial charge in [-0.25, -0.2) is 0 Å². The second-order valence-corrected chi connectivity index (χ2v) is 4.74. The lowest BCUT2D eigenvalue weighted by molar-refractivity contribution is -0.384. The van der Waals surface area contributed by atoms with Crippen LogP contribution in [0.3, 0.4) is 0 Å². The molecule has 1 aliphatic rings. The standard InChI is InChI=1S/C15H14N2O3/c18-17(19)14-7-3-2-6-13(14)16-12-9-11-5-1-4-8-15(11)20-10-12/h1-8,12,16H,9-10H2. The quantitative estimate of drug-likeness (QED) is 0.687. The third-order valence-electron chi connectivity index (χ3n) is 3.34. The van der Waals surface area contributed by atoms with Gasteiger partial charge in [0.05, 0.1) is 11.0 Å². The largest absolute Gasteiger partial charge is 0.491 e. The summed E-state index contributed by atoms with van der Waals surface area (Å²) in [5, 5.41) is 14.2. The molecule has 102 valence electrons. The Kier molecular flexibility index (Phi) is 3.25. The van der Waals surface area contributed by atoms with Crippen LogP contribution in [0.5, 0.6) is 5.75 Å². The van der Waals surface area contributed by atoms with Gasteiger partial charge in [0.15, 0.2) is 0 Å². The minimum Gasteiger partial charge on any atom is -0.491 e. The van der Waals surface area contributed by atoms with Gasteiger partial charge in [-0.05, 0) is 24.1 Å². The second-order valence-electron chi connectivity index (χ2n) is 4.74. The Morgan fingerprint density at radius 3 is 2.75 bits per heavy atom. The predicted molar refractivity (Wildman–Crippen MR) is 76.1 cm³/mol. The normalized spacial score (nSPS) is 16.9. The van der Waals surface area contributed by atoms with Crippen molar-refractivity contribution in [2.45, 2.75) is 12.5 Å². The molecule has 1 unspecified atom stereocenters. The first-order valence-corrected chi connectivity index (χ1v) is 6.44. The van der Waals surface area contributed by atoms with Crippen molar-refractivity contribution in [3.8, 4) is 5.75 Å². The smallest absolute Gasteiger partial charge is 0.292 e. The number of fused-ring (bicyclic) bond motifs is 1. The highest BCUT2D eigenvalue weighted by atomic mass is 16.6. The molecule has 0 fully saturated rings. The maximum absolute atomic E-state index is 11.0. The number of anilines is 1. The number of nitro groups is 1. The Hall–Kier alpha value is -2.56. The van der Waals surface area contributed by atoms with Crippen molar-refractivity contribution in [3.05, 3.63) is 64.2 Å². The van der Waals surface area contributed by atoms with Gasteiger partial charge in [0, 0.05) is 6.07 Å². The van der Waals surface area contributed by atoms with Crippen LogP contribution >= 0.6 is 0 Å². The molecule has 2 aromatic carbocycles. The molecule has 0 bridgehead atoms. The van der Waals surface area contributed by atoms with Gasteiger partial charge in [0.25, 0.3) is 5.69 Å². The van der Waals surface area contributed by atoms with Gasteiger partial charge in [-0.1, -0.05) is 30.3 Å². The minimum atomic E-state index is -0.375. The zero-order valence-corrected chi connectivity index (χ0v) is 10.8. The highest BCUT2D eigenvalue weighted by Crippen LogP contribution is 2.28. The number of nitro benzene ring substituents is 1. The van der Waals surface area contributed by atoms with Crippen LogP contribution < -0.4 is 10.1 Å². The molecule has 3 rings (SSSR count). The lowest BCUT2D eigenvalue weighted by Crippen LogP contribution is -2.33. The Bertz CT molecular complexity index is 643. The molecule has 1 aliphatic heterocycles. The number of ether oxygens (including phenoxy) is 1. The molecule has 1 N–H and O–H groups in total. The average Bonchev–Trinajstić information content (AvgIpc) is 2.47. The zero-order valence-electron chi connectivity index (χ0n) is 10.8.